The molecule has 0 radical (unpaired) electrons. The van der Waals surface area contributed by atoms with E-state index < -0.39 is 0 Å². The molecule has 0 unspecified atom stereocenters. The monoisotopic (exact) mass is 178 g/mol. The Morgan fingerprint density at radius 3 is 3.08 bits per heavy atom. The number of hydrogen-bond donors (Lipinski definition) is 1. The van der Waals surface area contributed by atoms with Crippen LogP contribution in [0.2, 0.25) is 0 Å². The Morgan fingerprint density at radius 1 is 1.50 bits per heavy atom. The molecular formula is C9H10N2S. The second kappa shape index (κ2) is 2.84. The minimum atomic E-state index is 0.531. The Morgan fingerprint density at radius 2 is 2.33 bits per heavy atom. The molecule has 0 bridgehead atoms. The fourth-order valence-electron chi connectivity index (χ4n) is 1.25. The third-order valence-electron chi connectivity index (χ3n) is 1.89. The summed E-state index contributed by atoms with van der Waals surface area (Å²) in [7, 11) is 0. The van der Waals surface area contributed by atoms with Crippen LogP contribution in [0.15, 0.2) is 18.2 Å². The van der Waals surface area contributed by atoms with Crippen molar-refractivity contribution in [2.24, 2.45) is 5.73 Å². The normalized spacial score (nSPS) is 10.8. The van der Waals surface area contributed by atoms with E-state index in [1.165, 1.54) is 27.2 Å². The van der Waals surface area contributed by atoms with Crippen molar-refractivity contribution in [2.45, 2.75) is 13.5 Å². The average molecular weight is 178 g/mol. The smallest absolute Gasteiger partial charge is 0.0756 e. The van der Waals surface area contributed by atoms with Crippen molar-refractivity contribution >= 4 is 21.6 Å². The maximum atomic E-state index is 5.55. The van der Waals surface area contributed by atoms with Gasteiger partial charge in [-0.15, -0.1) is 0 Å². The molecule has 2 nitrogen and oxygen atoms in total. The van der Waals surface area contributed by atoms with E-state index in [1.807, 2.05) is 0 Å². The molecule has 0 aliphatic heterocycles. The molecule has 0 saturated carbocycles. The summed E-state index contributed by atoms with van der Waals surface area (Å²) in [5.74, 6) is 0. The second-order valence-electron chi connectivity index (χ2n) is 2.83. The summed E-state index contributed by atoms with van der Waals surface area (Å²) < 4.78 is 5.49. The topological polar surface area (TPSA) is 38.9 Å². The van der Waals surface area contributed by atoms with E-state index in [-0.39, 0.29) is 0 Å². The molecule has 2 aromatic rings. The third kappa shape index (κ3) is 1.11. The first-order valence-corrected chi connectivity index (χ1v) is 4.63. The van der Waals surface area contributed by atoms with Gasteiger partial charge in [0, 0.05) is 11.9 Å². The van der Waals surface area contributed by atoms with Crippen LogP contribution >= 0.6 is 11.5 Å². The van der Waals surface area contributed by atoms with Crippen LogP contribution in [0.5, 0.6) is 0 Å². The Kier molecular flexibility index (Phi) is 1.83. The summed E-state index contributed by atoms with van der Waals surface area (Å²) in [6.45, 7) is 2.61. The van der Waals surface area contributed by atoms with Gasteiger partial charge < -0.3 is 5.73 Å². The van der Waals surface area contributed by atoms with Gasteiger partial charge >= 0.3 is 0 Å². The number of aryl methyl sites for hydroxylation is 1. The summed E-state index contributed by atoms with van der Waals surface area (Å²) in [6.07, 6.45) is 0. The fraction of sp³-hybridized carbons (Fsp3) is 0.222. The first-order valence-electron chi connectivity index (χ1n) is 3.86. The highest BCUT2D eigenvalue weighted by molar-refractivity contribution is 7.13. The molecule has 12 heavy (non-hydrogen) atoms. The van der Waals surface area contributed by atoms with Crippen molar-refractivity contribution in [1.29, 1.82) is 0 Å². The van der Waals surface area contributed by atoms with E-state index in [0.717, 1.165) is 5.69 Å². The van der Waals surface area contributed by atoms with Gasteiger partial charge in [-0.1, -0.05) is 11.6 Å². The van der Waals surface area contributed by atoms with Crippen molar-refractivity contribution in [2.75, 3.05) is 0 Å². The van der Waals surface area contributed by atoms with Gasteiger partial charge in [0.25, 0.3) is 0 Å². The quantitative estimate of drug-likeness (QED) is 0.726. The van der Waals surface area contributed by atoms with Crippen molar-refractivity contribution in [3.8, 4) is 0 Å². The van der Waals surface area contributed by atoms with Gasteiger partial charge in [0.2, 0.25) is 0 Å². The van der Waals surface area contributed by atoms with Crippen molar-refractivity contribution in [3.05, 3.63) is 29.5 Å². The van der Waals surface area contributed by atoms with Gasteiger partial charge in [0.05, 0.1) is 10.4 Å². The van der Waals surface area contributed by atoms with Gasteiger partial charge in [-0.2, -0.15) is 4.37 Å². The van der Waals surface area contributed by atoms with Crippen molar-refractivity contribution in [1.82, 2.24) is 4.37 Å². The number of benzene rings is 1. The molecular weight excluding hydrogens is 168 g/mol. The molecule has 0 aliphatic rings. The minimum Gasteiger partial charge on any atom is -0.325 e. The number of fused-ring (bicyclic) bond motifs is 1. The summed E-state index contributed by atoms with van der Waals surface area (Å²) in [4.78, 5) is 0. The SMILES string of the molecule is Cc1ccc2snc(CN)c2c1. The number of nitrogens with zero attached hydrogens (tertiary/aromatic N) is 1. The number of hydrogen-bond acceptors (Lipinski definition) is 3. The third-order valence-corrected chi connectivity index (χ3v) is 2.76. The molecule has 0 fully saturated rings. The van der Waals surface area contributed by atoms with E-state index in [0.29, 0.717) is 6.54 Å². The summed E-state index contributed by atoms with van der Waals surface area (Å²) in [6, 6.07) is 6.34. The standard InChI is InChI=1S/C9H10N2S/c1-6-2-3-9-7(4-6)8(5-10)11-12-9/h2-4H,5,10H2,1H3. The zero-order valence-electron chi connectivity index (χ0n) is 6.87. The summed E-state index contributed by atoms with van der Waals surface area (Å²) in [5, 5.41) is 1.21. The molecule has 3 heteroatoms. The van der Waals surface area contributed by atoms with E-state index in [2.05, 4.69) is 29.5 Å². The van der Waals surface area contributed by atoms with E-state index >= 15 is 0 Å². The maximum Gasteiger partial charge on any atom is 0.0756 e. The molecule has 0 aliphatic carbocycles. The first kappa shape index (κ1) is 7.71. The fourth-order valence-corrected chi connectivity index (χ4v) is 2.04. The predicted octanol–water partition coefficient (Wildman–Crippen LogP) is 2.06. The van der Waals surface area contributed by atoms with Crippen molar-refractivity contribution in [3.63, 3.8) is 0 Å². The number of rotatable bonds is 1. The predicted molar refractivity (Wildman–Crippen MR) is 52.2 cm³/mol. The van der Waals surface area contributed by atoms with Crippen molar-refractivity contribution < 1.29 is 0 Å². The Labute approximate surface area is 75.2 Å². The van der Waals surface area contributed by atoms with Crippen LogP contribution in [-0.2, 0) is 6.54 Å². The van der Waals surface area contributed by atoms with Gasteiger partial charge in [0.1, 0.15) is 0 Å². The van der Waals surface area contributed by atoms with E-state index in [4.69, 9.17) is 5.73 Å². The van der Waals surface area contributed by atoms with Crippen LogP contribution in [-0.4, -0.2) is 4.37 Å². The molecule has 1 aromatic carbocycles. The lowest BCUT2D eigenvalue weighted by Crippen LogP contribution is -1.96. The van der Waals surface area contributed by atoms with Crippen LogP contribution < -0.4 is 5.73 Å². The zero-order chi connectivity index (χ0) is 8.55. The van der Waals surface area contributed by atoms with Gasteiger partial charge in [0.15, 0.2) is 0 Å². The summed E-state index contributed by atoms with van der Waals surface area (Å²) >= 11 is 1.52. The Hall–Kier alpha value is -0.930. The van der Waals surface area contributed by atoms with Crippen LogP contribution in [0.1, 0.15) is 11.3 Å². The highest BCUT2D eigenvalue weighted by Gasteiger charge is 2.03. The Bertz CT molecular complexity index is 406. The molecule has 1 heterocycles. The van der Waals surface area contributed by atoms with E-state index in [9.17, 15) is 0 Å². The molecule has 0 amide bonds. The molecule has 0 saturated heterocycles. The lowest BCUT2D eigenvalue weighted by Gasteiger charge is -1.93. The largest absolute Gasteiger partial charge is 0.325 e. The van der Waals surface area contributed by atoms with Gasteiger partial charge in [-0.3, -0.25) is 0 Å². The maximum absolute atomic E-state index is 5.55. The zero-order valence-corrected chi connectivity index (χ0v) is 7.69. The first-order chi connectivity index (χ1) is 5.81. The van der Waals surface area contributed by atoms with Gasteiger partial charge in [-0.25, -0.2) is 0 Å². The van der Waals surface area contributed by atoms with Gasteiger partial charge in [-0.05, 0) is 30.6 Å². The highest BCUT2D eigenvalue weighted by Crippen LogP contribution is 2.23. The highest BCUT2D eigenvalue weighted by atomic mass is 32.1. The van der Waals surface area contributed by atoms with Crippen LogP contribution in [0.4, 0.5) is 0 Å². The lowest BCUT2D eigenvalue weighted by atomic mass is 10.1. The van der Waals surface area contributed by atoms with Crippen LogP contribution in [0.3, 0.4) is 0 Å². The molecule has 1 aromatic heterocycles. The molecule has 2 rings (SSSR count). The Balaban J connectivity index is 2.75. The molecule has 2 N–H and O–H groups in total. The summed E-state index contributed by atoms with van der Waals surface area (Å²) in [5.41, 5.74) is 7.83. The number of nitrogens with two attached hydrogens (primary N) is 1. The number of aromatic nitrogens is 1. The second-order valence-corrected chi connectivity index (χ2v) is 3.64. The molecule has 0 spiro atoms. The molecule has 62 valence electrons. The lowest BCUT2D eigenvalue weighted by molar-refractivity contribution is 1.04. The average Bonchev–Trinajstić information content (AvgIpc) is 2.46. The van der Waals surface area contributed by atoms with Crippen LogP contribution in [0.25, 0.3) is 10.1 Å². The minimum absolute atomic E-state index is 0.531. The van der Waals surface area contributed by atoms with E-state index in [1.54, 1.807) is 0 Å². The van der Waals surface area contributed by atoms with Crippen LogP contribution in [0, 0.1) is 6.92 Å². The molecule has 0 atom stereocenters.